The first kappa shape index (κ1) is 24.4. The SMILES string of the molecule is CC(=N)c1c(Oc2c(Cl)cc(NC(=O)C3(C(=O)Nc4ccc(F)cc4)CC3)cc2Cl)ccnc1N. The zero-order chi connectivity index (χ0) is 25.3. The molecule has 1 aliphatic carbocycles. The van der Waals surface area contributed by atoms with Crippen LogP contribution in [0.15, 0.2) is 48.7 Å². The molecule has 1 saturated carbocycles. The molecule has 0 atom stereocenters. The number of halogens is 3. The van der Waals surface area contributed by atoms with Gasteiger partial charge in [-0.2, -0.15) is 0 Å². The van der Waals surface area contributed by atoms with Crippen LogP contribution in [-0.4, -0.2) is 22.5 Å². The van der Waals surface area contributed by atoms with Gasteiger partial charge in [0.05, 0.1) is 15.6 Å². The van der Waals surface area contributed by atoms with Crippen LogP contribution in [-0.2, 0) is 9.59 Å². The quantitative estimate of drug-likeness (QED) is 0.238. The third-order valence-electron chi connectivity index (χ3n) is 5.51. The molecule has 1 aromatic heterocycles. The molecule has 4 rings (SSSR count). The van der Waals surface area contributed by atoms with Gasteiger partial charge in [-0.15, -0.1) is 0 Å². The maximum absolute atomic E-state index is 13.1. The van der Waals surface area contributed by atoms with Crippen LogP contribution in [0.25, 0.3) is 0 Å². The van der Waals surface area contributed by atoms with E-state index in [0.29, 0.717) is 24.1 Å². The summed E-state index contributed by atoms with van der Waals surface area (Å²) in [5, 5.41) is 13.4. The summed E-state index contributed by atoms with van der Waals surface area (Å²) >= 11 is 12.8. The number of ether oxygens (including phenoxy) is 1. The maximum atomic E-state index is 13.1. The number of amides is 2. The zero-order valence-corrected chi connectivity index (χ0v) is 19.9. The Labute approximate surface area is 210 Å². The molecule has 2 aromatic carbocycles. The lowest BCUT2D eigenvalue weighted by molar-refractivity contribution is -0.131. The molecule has 2 amide bonds. The van der Waals surface area contributed by atoms with E-state index >= 15 is 0 Å². The average molecular weight is 516 g/mol. The van der Waals surface area contributed by atoms with Crippen molar-refractivity contribution in [1.82, 2.24) is 4.98 Å². The van der Waals surface area contributed by atoms with Crippen LogP contribution in [0.1, 0.15) is 25.3 Å². The van der Waals surface area contributed by atoms with E-state index in [2.05, 4.69) is 15.6 Å². The Morgan fingerprint density at radius 1 is 1.06 bits per heavy atom. The van der Waals surface area contributed by atoms with Crippen molar-refractivity contribution in [2.24, 2.45) is 5.41 Å². The van der Waals surface area contributed by atoms with Crippen LogP contribution in [0, 0.1) is 16.6 Å². The number of pyridine rings is 1. The highest BCUT2D eigenvalue weighted by molar-refractivity contribution is 6.37. The fourth-order valence-corrected chi connectivity index (χ4v) is 4.04. The van der Waals surface area contributed by atoms with E-state index in [9.17, 15) is 14.0 Å². The predicted octanol–water partition coefficient (Wildman–Crippen LogP) is 5.65. The summed E-state index contributed by atoms with van der Waals surface area (Å²) < 4.78 is 18.9. The van der Waals surface area contributed by atoms with Crippen molar-refractivity contribution in [2.45, 2.75) is 19.8 Å². The Hall–Kier alpha value is -3.69. The summed E-state index contributed by atoms with van der Waals surface area (Å²) in [6, 6.07) is 9.68. The van der Waals surface area contributed by atoms with Crippen LogP contribution in [0.3, 0.4) is 0 Å². The molecule has 0 spiro atoms. The summed E-state index contributed by atoms with van der Waals surface area (Å²) in [6.07, 6.45) is 2.16. The minimum atomic E-state index is -1.24. The number of nitrogens with zero attached hydrogens (tertiary/aromatic N) is 1. The summed E-state index contributed by atoms with van der Waals surface area (Å²) in [5.41, 5.74) is 5.74. The molecule has 35 heavy (non-hydrogen) atoms. The van der Waals surface area contributed by atoms with Crippen LogP contribution >= 0.6 is 23.2 Å². The van der Waals surface area contributed by atoms with E-state index in [4.69, 9.17) is 39.1 Å². The van der Waals surface area contributed by atoms with Gasteiger partial charge < -0.3 is 26.5 Å². The zero-order valence-electron chi connectivity index (χ0n) is 18.4. The second-order valence-corrected chi connectivity index (χ2v) is 8.88. The highest BCUT2D eigenvalue weighted by Crippen LogP contribution is 2.48. The lowest BCUT2D eigenvalue weighted by Gasteiger charge is -2.17. The molecule has 180 valence electrons. The Kier molecular flexibility index (Phi) is 6.64. The number of rotatable bonds is 7. The highest BCUT2D eigenvalue weighted by atomic mass is 35.5. The lowest BCUT2D eigenvalue weighted by atomic mass is 10.0. The standard InChI is InChI=1S/C24H20Cl2FN5O3/c1-12(28)19-18(6-9-30-21(19)29)35-20-16(25)10-15(11-17(20)26)32-23(34)24(7-8-24)22(33)31-14-4-2-13(27)3-5-14/h2-6,9-11,28H,7-8H2,1H3,(H2,29,30)(H,31,33)(H,32,34). The van der Waals surface area contributed by atoms with Gasteiger partial charge in [0.25, 0.3) is 0 Å². The van der Waals surface area contributed by atoms with Crippen molar-refractivity contribution in [3.63, 3.8) is 0 Å². The predicted molar refractivity (Wildman–Crippen MR) is 133 cm³/mol. The first-order valence-electron chi connectivity index (χ1n) is 10.5. The Morgan fingerprint density at radius 3 is 2.17 bits per heavy atom. The minimum absolute atomic E-state index is 0.0948. The summed E-state index contributed by atoms with van der Waals surface area (Å²) in [6.45, 7) is 1.54. The van der Waals surface area contributed by atoms with E-state index in [1.807, 2.05) is 0 Å². The Bertz CT molecular complexity index is 1320. The Morgan fingerprint density at radius 2 is 1.63 bits per heavy atom. The molecule has 0 aliphatic heterocycles. The summed E-state index contributed by atoms with van der Waals surface area (Å²) in [5.74, 6) is -0.945. The van der Waals surface area contributed by atoms with E-state index < -0.39 is 23.0 Å². The maximum Gasteiger partial charge on any atom is 0.240 e. The molecular formula is C24H20Cl2FN5O3. The molecule has 5 N–H and O–H groups in total. The van der Waals surface area contributed by atoms with Crippen molar-refractivity contribution in [3.05, 3.63) is 70.1 Å². The summed E-state index contributed by atoms with van der Waals surface area (Å²) in [4.78, 5) is 29.7. The number of hydrogen-bond acceptors (Lipinski definition) is 6. The van der Waals surface area contributed by atoms with E-state index in [1.54, 1.807) is 6.92 Å². The van der Waals surface area contributed by atoms with Crippen LogP contribution in [0.4, 0.5) is 21.6 Å². The fourth-order valence-electron chi connectivity index (χ4n) is 3.48. The van der Waals surface area contributed by atoms with Crippen LogP contribution in [0.2, 0.25) is 10.0 Å². The second kappa shape index (κ2) is 9.52. The molecule has 0 radical (unpaired) electrons. The van der Waals surface area contributed by atoms with Crippen molar-refractivity contribution in [1.29, 1.82) is 5.41 Å². The van der Waals surface area contributed by atoms with Crippen molar-refractivity contribution >= 4 is 57.9 Å². The number of anilines is 3. The molecule has 1 fully saturated rings. The number of benzene rings is 2. The lowest BCUT2D eigenvalue weighted by Crippen LogP contribution is -2.35. The largest absolute Gasteiger partial charge is 0.453 e. The van der Waals surface area contributed by atoms with Crippen LogP contribution in [0.5, 0.6) is 11.5 Å². The molecule has 11 heteroatoms. The second-order valence-electron chi connectivity index (χ2n) is 8.06. The van der Waals surface area contributed by atoms with Crippen molar-refractivity contribution < 1.29 is 18.7 Å². The Balaban J connectivity index is 1.51. The topological polar surface area (TPSA) is 130 Å². The number of aromatic nitrogens is 1. The van der Waals surface area contributed by atoms with Gasteiger partial charge in [-0.1, -0.05) is 23.2 Å². The highest BCUT2D eigenvalue weighted by Gasteiger charge is 2.56. The van der Waals surface area contributed by atoms with Gasteiger partial charge in [0.15, 0.2) is 5.75 Å². The van der Waals surface area contributed by atoms with E-state index in [0.717, 1.165) is 0 Å². The van der Waals surface area contributed by atoms with E-state index in [-0.39, 0.29) is 38.8 Å². The van der Waals surface area contributed by atoms with E-state index in [1.165, 1.54) is 48.7 Å². The van der Waals surface area contributed by atoms with Crippen molar-refractivity contribution in [2.75, 3.05) is 16.4 Å². The van der Waals surface area contributed by atoms with Gasteiger partial charge in [0, 0.05) is 23.3 Å². The van der Waals surface area contributed by atoms with Crippen molar-refractivity contribution in [3.8, 4) is 11.5 Å². The van der Waals surface area contributed by atoms with Gasteiger partial charge in [-0.25, -0.2) is 9.37 Å². The van der Waals surface area contributed by atoms with Crippen LogP contribution < -0.4 is 21.1 Å². The monoisotopic (exact) mass is 515 g/mol. The van der Waals surface area contributed by atoms with Gasteiger partial charge >= 0.3 is 0 Å². The smallest absolute Gasteiger partial charge is 0.240 e. The number of nitrogens with two attached hydrogens (primary N) is 1. The molecule has 0 bridgehead atoms. The third kappa shape index (κ3) is 5.06. The fraction of sp³-hybridized carbons (Fsp3) is 0.167. The van der Waals surface area contributed by atoms with Gasteiger partial charge in [-0.05, 0) is 62.2 Å². The molecule has 3 aromatic rings. The number of hydrogen-bond donors (Lipinski definition) is 4. The van der Waals surface area contributed by atoms with Gasteiger partial charge in [0.1, 0.15) is 22.8 Å². The molecule has 0 saturated heterocycles. The number of carbonyl (C=O) groups is 2. The van der Waals surface area contributed by atoms with Gasteiger partial charge in [-0.3, -0.25) is 9.59 Å². The first-order chi connectivity index (χ1) is 16.6. The van der Waals surface area contributed by atoms with Gasteiger partial charge in [0.2, 0.25) is 11.8 Å². The summed E-state index contributed by atoms with van der Waals surface area (Å²) in [7, 11) is 0. The first-order valence-corrected chi connectivity index (χ1v) is 11.2. The third-order valence-corrected chi connectivity index (χ3v) is 6.07. The molecule has 0 unspecified atom stereocenters. The average Bonchev–Trinajstić information content (AvgIpc) is 3.60. The molecule has 1 aliphatic rings. The number of nitrogens with one attached hydrogen (secondary N) is 3. The molecular weight excluding hydrogens is 496 g/mol. The number of nitrogen functional groups attached to an aromatic ring is 1. The molecule has 1 heterocycles. The minimum Gasteiger partial charge on any atom is -0.453 e. The normalized spacial score (nSPS) is 13.6. The number of carbonyl (C=O) groups excluding carboxylic acids is 2. The molecule has 8 nitrogen and oxygen atoms in total.